The zero-order valence-corrected chi connectivity index (χ0v) is 28.6. The number of rotatable bonds is 11. The van der Waals surface area contributed by atoms with Crippen molar-refractivity contribution in [2.75, 3.05) is 7.11 Å². The molecule has 0 saturated heterocycles. The normalized spacial score (nSPS) is 12.8. The zero-order chi connectivity index (χ0) is 34.6. The van der Waals surface area contributed by atoms with E-state index in [9.17, 15) is 24.3 Å². The summed E-state index contributed by atoms with van der Waals surface area (Å²) in [5.74, 6) is -1.17. The van der Waals surface area contributed by atoms with Gasteiger partial charge >= 0.3 is 23.9 Å². The molecule has 0 saturated carbocycles. The summed E-state index contributed by atoms with van der Waals surface area (Å²) >= 11 is 0. The average Bonchev–Trinajstić information content (AvgIpc) is 2.91. The van der Waals surface area contributed by atoms with Crippen molar-refractivity contribution in [3.8, 4) is 0 Å². The molecule has 10 nitrogen and oxygen atoms in total. The number of methoxy groups -OCH3 is 1. The Kier molecular flexibility index (Phi) is 31.3. The van der Waals surface area contributed by atoms with Crippen LogP contribution in [-0.4, -0.2) is 64.6 Å². The summed E-state index contributed by atoms with van der Waals surface area (Å²) in [5.41, 5.74) is 6.52. The quantitative estimate of drug-likeness (QED) is 0.179. The van der Waals surface area contributed by atoms with Gasteiger partial charge in [0.05, 0.1) is 24.7 Å². The van der Waals surface area contributed by atoms with Crippen LogP contribution in [0.4, 0.5) is 0 Å². The minimum Gasteiger partial charge on any atom is -0.480 e. The first-order valence-electron chi connectivity index (χ1n) is 14.9. The molecule has 1 rings (SSSR count). The first-order valence-corrected chi connectivity index (χ1v) is 14.9. The van der Waals surface area contributed by atoms with Crippen molar-refractivity contribution in [1.82, 2.24) is 0 Å². The van der Waals surface area contributed by atoms with Crippen molar-refractivity contribution in [3.05, 3.63) is 35.4 Å². The van der Waals surface area contributed by atoms with Gasteiger partial charge in [0.25, 0.3) is 0 Å². The zero-order valence-electron chi connectivity index (χ0n) is 28.6. The molecule has 266 valence electrons. The van der Waals surface area contributed by atoms with Crippen LogP contribution in [0.2, 0.25) is 0 Å². The standard InChI is InChI=1S/C10H20O3.C10H12O2.C7H14O2.C6H13NO2.2CH4/c1-6(2)8(5)9(11)10(12)13-7(3)4;1-7(2)8-5-3-4-6-9(8)10(11)12;1-5(2)6(3)7(8)9-4;1-4(2)3-5(7)6(8)9;;/h6-9,11H,1-5H3;3-7H,1-2H3,(H,11,12);5-6H,1-4H3;4-5H,3,7H2,1-2H3,(H,8,9);2*1H4. The molecule has 1 aromatic rings. The Labute approximate surface area is 274 Å². The van der Waals surface area contributed by atoms with Gasteiger partial charge in [0.15, 0.2) is 6.10 Å². The van der Waals surface area contributed by atoms with Crippen molar-refractivity contribution >= 4 is 23.9 Å². The highest BCUT2D eigenvalue weighted by Crippen LogP contribution is 2.19. The number of ether oxygens (including phenoxy) is 2. The fraction of sp³-hybridized carbons (Fsp3) is 0.714. The molecule has 0 amide bonds. The third-order valence-electron chi connectivity index (χ3n) is 6.57. The second kappa shape index (κ2) is 27.3. The van der Waals surface area contributed by atoms with E-state index in [0.29, 0.717) is 23.8 Å². The highest BCUT2D eigenvalue weighted by Gasteiger charge is 2.26. The molecular formula is C35H67NO9. The predicted molar refractivity (Wildman–Crippen MR) is 183 cm³/mol. The monoisotopic (exact) mass is 645 g/mol. The molecule has 0 heterocycles. The molecular weight excluding hydrogens is 578 g/mol. The molecule has 0 aromatic heterocycles. The molecule has 45 heavy (non-hydrogen) atoms. The lowest BCUT2D eigenvalue weighted by Gasteiger charge is -2.21. The maximum Gasteiger partial charge on any atom is 0.335 e. The summed E-state index contributed by atoms with van der Waals surface area (Å²) in [6.07, 6.45) is -0.612. The van der Waals surface area contributed by atoms with Gasteiger partial charge in [-0.1, -0.05) is 102 Å². The van der Waals surface area contributed by atoms with Crippen molar-refractivity contribution in [1.29, 1.82) is 0 Å². The van der Waals surface area contributed by atoms with Crippen molar-refractivity contribution in [3.63, 3.8) is 0 Å². The molecule has 10 heteroatoms. The third-order valence-corrected chi connectivity index (χ3v) is 6.57. The van der Waals surface area contributed by atoms with Gasteiger partial charge in [0.1, 0.15) is 6.04 Å². The van der Waals surface area contributed by atoms with Crippen LogP contribution < -0.4 is 5.73 Å². The number of carbonyl (C=O) groups is 4. The van der Waals surface area contributed by atoms with Crippen LogP contribution in [0.25, 0.3) is 0 Å². The first kappa shape index (κ1) is 51.6. The highest BCUT2D eigenvalue weighted by atomic mass is 16.6. The van der Waals surface area contributed by atoms with Gasteiger partial charge in [-0.05, 0) is 61.5 Å². The molecule has 0 radical (unpaired) electrons. The number of hydrogen-bond donors (Lipinski definition) is 4. The smallest absolute Gasteiger partial charge is 0.335 e. The second-order valence-electron chi connectivity index (χ2n) is 12.2. The summed E-state index contributed by atoms with van der Waals surface area (Å²) in [6.45, 7) is 23.1. The van der Waals surface area contributed by atoms with E-state index in [1.807, 2.05) is 81.4 Å². The average molecular weight is 646 g/mol. The maximum atomic E-state index is 11.2. The lowest BCUT2D eigenvalue weighted by Crippen LogP contribution is -2.33. The minimum atomic E-state index is -0.998. The number of benzene rings is 1. The van der Waals surface area contributed by atoms with Crippen LogP contribution in [0.15, 0.2) is 24.3 Å². The number of aliphatic hydroxyl groups is 1. The van der Waals surface area contributed by atoms with E-state index in [-0.39, 0.29) is 50.6 Å². The van der Waals surface area contributed by atoms with Gasteiger partial charge in [0, 0.05) is 0 Å². The van der Waals surface area contributed by atoms with Crippen molar-refractivity contribution < 1.29 is 44.0 Å². The number of hydrogen-bond acceptors (Lipinski definition) is 8. The summed E-state index contributed by atoms with van der Waals surface area (Å²) in [5, 5.41) is 26.7. The molecule has 4 unspecified atom stereocenters. The largest absolute Gasteiger partial charge is 0.480 e. The van der Waals surface area contributed by atoms with Gasteiger partial charge in [0.2, 0.25) is 0 Å². The van der Waals surface area contributed by atoms with Crippen LogP contribution >= 0.6 is 0 Å². The minimum absolute atomic E-state index is 0. The Bertz CT molecular complexity index is 943. The Morgan fingerprint density at radius 3 is 1.49 bits per heavy atom. The lowest BCUT2D eigenvalue weighted by molar-refractivity contribution is -0.161. The second-order valence-corrected chi connectivity index (χ2v) is 12.2. The van der Waals surface area contributed by atoms with Gasteiger partial charge in [-0.3, -0.25) is 9.59 Å². The summed E-state index contributed by atoms with van der Waals surface area (Å²) < 4.78 is 9.43. The number of aliphatic carboxylic acids is 1. The third kappa shape index (κ3) is 25.0. The van der Waals surface area contributed by atoms with E-state index >= 15 is 0 Å². The lowest BCUT2D eigenvalue weighted by atomic mass is 9.92. The molecule has 0 aliphatic rings. The Morgan fingerprint density at radius 1 is 0.778 bits per heavy atom. The number of nitrogens with two attached hydrogens (primary N) is 1. The van der Waals surface area contributed by atoms with Crippen LogP contribution in [0.3, 0.4) is 0 Å². The van der Waals surface area contributed by atoms with E-state index in [0.717, 1.165) is 5.56 Å². The SMILES string of the molecule is C.C.CC(C)CC(N)C(=O)O.CC(C)OC(=O)C(O)C(C)C(C)C.CC(C)c1ccccc1C(=O)O.COC(=O)C(C)C(C)C. The molecule has 0 bridgehead atoms. The Balaban J connectivity index is -0.000000158. The van der Waals surface area contributed by atoms with E-state index in [1.165, 1.54) is 7.11 Å². The van der Waals surface area contributed by atoms with E-state index in [4.69, 9.17) is 20.7 Å². The molecule has 0 spiro atoms. The van der Waals surface area contributed by atoms with Gasteiger partial charge in [-0.2, -0.15) is 0 Å². The topological polar surface area (TPSA) is 173 Å². The molecule has 0 aliphatic heterocycles. The number of carbonyl (C=O) groups excluding carboxylic acids is 2. The van der Waals surface area contributed by atoms with Crippen LogP contribution in [-0.2, 0) is 23.9 Å². The number of esters is 2. The number of carboxylic acid groups (broad SMARTS) is 2. The molecule has 0 fully saturated rings. The van der Waals surface area contributed by atoms with Gasteiger partial charge in [-0.15, -0.1) is 0 Å². The van der Waals surface area contributed by atoms with Crippen LogP contribution in [0.5, 0.6) is 0 Å². The highest BCUT2D eigenvalue weighted by molar-refractivity contribution is 5.89. The van der Waals surface area contributed by atoms with E-state index < -0.39 is 30.1 Å². The fourth-order valence-corrected chi connectivity index (χ4v) is 3.14. The van der Waals surface area contributed by atoms with E-state index in [2.05, 4.69) is 4.74 Å². The van der Waals surface area contributed by atoms with Crippen molar-refractivity contribution in [2.45, 2.75) is 129 Å². The summed E-state index contributed by atoms with van der Waals surface area (Å²) in [4.78, 5) is 42.8. The van der Waals surface area contributed by atoms with Crippen LogP contribution in [0.1, 0.15) is 126 Å². The summed E-state index contributed by atoms with van der Waals surface area (Å²) in [6, 6.07) is 6.41. The van der Waals surface area contributed by atoms with Gasteiger partial charge < -0.3 is 30.5 Å². The Morgan fingerprint density at radius 2 is 1.24 bits per heavy atom. The van der Waals surface area contributed by atoms with Crippen molar-refractivity contribution in [2.24, 2.45) is 35.3 Å². The summed E-state index contributed by atoms with van der Waals surface area (Å²) in [7, 11) is 1.42. The number of aliphatic hydroxyl groups excluding tert-OH is 1. The van der Waals surface area contributed by atoms with Crippen LogP contribution in [0, 0.1) is 29.6 Å². The predicted octanol–water partition coefficient (Wildman–Crippen LogP) is 7.27. The molecule has 5 N–H and O–H groups in total. The van der Waals surface area contributed by atoms with E-state index in [1.54, 1.807) is 26.0 Å². The fourth-order valence-electron chi connectivity index (χ4n) is 3.14. The number of aromatic carboxylic acids is 1. The molecule has 1 aromatic carbocycles. The molecule has 0 aliphatic carbocycles. The number of carboxylic acids is 2. The Hall–Kier alpha value is -2.98. The maximum absolute atomic E-state index is 11.2. The van der Waals surface area contributed by atoms with Gasteiger partial charge in [-0.25, -0.2) is 9.59 Å². The first-order chi connectivity index (χ1) is 19.6. The molecule has 4 atom stereocenters.